The lowest BCUT2D eigenvalue weighted by Gasteiger charge is -2.16. The standard InChI is InChI=1S/C13H16F3NO/c1-2-5-9(8-17)12(18)10-6-3-4-7-11(10)13(14,15)16/h3-4,6-7,9H,2,5,8,17H2,1H3. The number of carbonyl (C=O) groups is 1. The molecule has 0 saturated heterocycles. The van der Waals surface area contributed by atoms with Crippen molar-refractivity contribution in [1.82, 2.24) is 0 Å². The molecule has 0 bridgehead atoms. The van der Waals surface area contributed by atoms with Crippen molar-refractivity contribution in [3.8, 4) is 0 Å². The van der Waals surface area contributed by atoms with Gasteiger partial charge in [-0.25, -0.2) is 0 Å². The Kier molecular flexibility index (Phi) is 4.90. The quantitative estimate of drug-likeness (QED) is 0.825. The van der Waals surface area contributed by atoms with Gasteiger partial charge in [-0.1, -0.05) is 31.5 Å². The maximum absolute atomic E-state index is 12.8. The number of hydrogen-bond acceptors (Lipinski definition) is 2. The van der Waals surface area contributed by atoms with Crippen molar-refractivity contribution in [2.45, 2.75) is 25.9 Å². The van der Waals surface area contributed by atoms with Crippen LogP contribution in [0.2, 0.25) is 0 Å². The maximum atomic E-state index is 12.8. The summed E-state index contributed by atoms with van der Waals surface area (Å²) in [5.74, 6) is -1.06. The first-order valence-corrected chi connectivity index (χ1v) is 5.82. The predicted molar refractivity (Wildman–Crippen MR) is 63.2 cm³/mol. The smallest absolute Gasteiger partial charge is 0.330 e. The average molecular weight is 259 g/mol. The average Bonchev–Trinajstić information content (AvgIpc) is 2.34. The van der Waals surface area contributed by atoms with Crippen LogP contribution in [0.5, 0.6) is 0 Å². The molecule has 0 aliphatic carbocycles. The molecule has 1 atom stereocenters. The Hall–Kier alpha value is -1.36. The summed E-state index contributed by atoms with van der Waals surface area (Å²) in [7, 11) is 0. The van der Waals surface area contributed by atoms with Gasteiger partial charge in [0.15, 0.2) is 5.78 Å². The molecule has 0 amide bonds. The van der Waals surface area contributed by atoms with Crippen molar-refractivity contribution in [2.75, 3.05) is 6.54 Å². The van der Waals surface area contributed by atoms with Crippen LogP contribution < -0.4 is 5.73 Å². The minimum Gasteiger partial charge on any atom is -0.330 e. The number of hydrogen-bond donors (Lipinski definition) is 1. The molecule has 0 radical (unpaired) electrons. The van der Waals surface area contributed by atoms with Gasteiger partial charge >= 0.3 is 6.18 Å². The molecule has 1 rings (SSSR count). The van der Waals surface area contributed by atoms with Gasteiger partial charge in [0, 0.05) is 18.0 Å². The maximum Gasteiger partial charge on any atom is 0.417 e. The summed E-state index contributed by atoms with van der Waals surface area (Å²) < 4.78 is 38.3. The molecule has 0 heterocycles. The van der Waals surface area contributed by atoms with E-state index in [9.17, 15) is 18.0 Å². The molecular formula is C13H16F3NO. The Balaban J connectivity index is 3.13. The van der Waals surface area contributed by atoms with Crippen molar-refractivity contribution in [3.05, 3.63) is 35.4 Å². The molecule has 2 N–H and O–H groups in total. The zero-order chi connectivity index (χ0) is 13.8. The fourth-order valence-electron chi connectivity index (χ4n) is 1.87. The van der Waals surface area contributed by atoms with Gasteiger partial charge in [-0.3, -0.25) is 4.79 Å². The molecule has 0 saturated carbocycles. The van der Waals surface area contributed by atoms with Crippen LogP contribution >= 0.6 is 0 Å². The molecular weight excluding hydrogens is 243 g/mol. The topological polar surface area (TPSA) is 43.1 Å². The first-order valence-electron chi connectivity index (χ1n) is 5.82. The van der Waals surface area contributed by atoms with Gasteiger partial charge in [0.25, 0.3) is 0 Å². The largest absolute Gasteiger partial charge is 0.417 e. The minimum atomic E-state index is -4.52. The first-order chi connectivity index (χ1) is 8.41. The molecule has 0 aliphatic heterocycles. The summed E-state index contributed by atoms with van der Waals surface area (Å²) in [5.41, 5.74) is 4.29. The fourth-order valence-corrected chi connectivity index (χ4v) is 1.87. The lowest BCUT2D eigenvalue weighted by Crippen LogP contribution is -2.26. The lowest BCUT2D eigenvalue weighted by atomic mass is 9.91. The Labute approximate surface area is 104 Å². The van der Waals surface area contributed by atoms with Crippen LogP contribution in [0.15, 0.2) is 24.3 Å². The Morgan fingerprint density at radius 1 is 1.33 bits per heavy atom. The van der Waals surface area contributed by atoms with E-state index in [1.54, 1.807) is 0 Å². The number of alkyl halides is 3. The summed E-state index contributed by atoms with van der Waals surface area (Å²) >= 11 is 0. The van der Waals surface area contributed by atoms with Crippen molar-refractivity contribution in [3.63, 3.8) is 0 Å². The molecule has 0 aromatic heterocycles. The Bertz CT molecular complexity index is 415. The summed E-state index contributed by atoms with van der Waals surface area (Å²) in [6.45, 7) is 1.93. The zero-order valence-electron chi connectivity index (χ0n) is 10.1. The van der Waals surface area contributed by atoms with Gasteiger partial charge in [0.2, 0.25) is 0 Å². The van der Waals surface area contributed by atoms with Gasteiger partial charge in [0.1, 0.15) is 0 Å². The third-order valence-corrected chi connectivity index (χ3v) is 2.79. The Morgan fingerprint density at radius 3 is 2.44 bits per heavy atom. The van der Waals surface area contributed by atoms with E-state index in [4.69, 9.17) is 5.73 Å². The molecule has 5 heteroatoms. The van der Waals surface area contributed by atoms with E-state index in [0.717, 1.165) is 6.07 Å². The summed E-state index contributed by atoms with van der Waals surface area (Å²) in [6, 6.07) is 4.84. The summed E-state index contributed by atoms with van der Waals surface area (Å²) in [6.07, 6.45) is -3.30. The fraction of sp³-hybridized carbons (Fsp3) is 0.462. The molecule has 0 spiro atoms. The van der Waals surface area contributed by atoms with Gasteiger partial charge in [0.05, 0.1) is 5.56 Å². The second-order valence-corrected chi connectivity index (χ2v) is 4.13. The molecule has 1 aromatic rings. The number of nitrogens with two attached hydrogens (primary N) is 1. The van der Waals surface area contributed by atoms with E-state index in [1.807, 2.05) is 6.92 Å². The van der Waals surface area contributed by atoms with Gasteiger partial charge in [-0.2, -0.15) is 13.2 Å². The molecule has 100 valence electrons. The van der Waals surface area contributed by atoms with E-state index >= 15 is 0 Å². The van der Waals surface area contributed by atoms with Crippen molar-refractivity contribution in [2.24, 2.45) is 11.7 Å². The van der Waals surface area contributed by atoms with Crippen LogP contribution in [-0.2, 0) is 6.18 Å². The van der Waals surface area contributed by atoms with E-state index in [2.05, 4.69) is 0 Å². The van der Waals surface area contributed by atoms with E-state index < -0.39 is 23.4 Å². The molecule has 0 fully saturated rings. The van der Waals surface area contributed by atoms with Crippen LogP contribution in [0.4, 0.5) is 13.2 Å². The number of benzene rings is 1. The molecule has 1 unspecified atom stereocenters. The SMILES string of the molecule is CCCC(CN)C(=O)c1ccccc1C(F)(F)F. The third kappa shape index (κ3) is 3.32. The molecule has 2 nitrogen and oxygen atoms in total. The third-order valence-electron chi connectivity index (χ3n) is 2.79. The number of carbonyl (C=O) groups excluding carboxylic acids is 1. The van der Waals surface area contributed by atoms with Gasteiger partial charge in [-0.15, -0.1) is 0 Å². The Morgan fingerprint density at radius 2 is 1.94 bits per heavy atom. The number of ketones is 1. The summed E-state index contributed by atoms with van der Waals surface area (Å²) in [4.78, 5) is 12.1. The monoisotopic (exact) mass is 259 g/mol. The van der Waals surface area contributed by atoms with Crippen molar-refractivity contribution >= 4 is 5.78 Å². The van der Waals surface area contributed by atoms with E-state index in [0.29, 0.717) is 12.8 Å². The number of rotatable bonds is 5. The highest BCUT2D eigenvalue weighted by molar-refractivity contribution is 5.99. The zero-order valence-corrected chi connectivity index (χ0v) is 10.1. The number of Topliss-reactive ketones (excluding diaryl/α,β-unsaturated/α-hetero) is 1. The second-order valence-electron chi connectivity index (χ2n) is 4.13. The molecule has 0 aliphatic rings. The van der Waals surface area contributed by atoms with Gasteiger partial charge < -0.3 is 5.73 Å². The van der Waals surface area contributed by atoms with E-state index in [1.165, 1.54) is 18.2 Å². The lowest BCUT2D eigenvalue weighted by molar-refractivity contribution is -0.137. The van der Waals surface area contributed by atoms with Crippen LogP contribution in [0.1, 0.15) is 35.7 Å². The molecule has 18 heavy (non-hydrogen) atoms. The van der Waals surface area contributed by atoms with Crippen molar-refractivity contribution < 1.29 is 18.0 Å². The van der Waals surface area contributed by atoms with Gasteiger partial charge in [-0.05, 0) is 12.5 Å². The molecule has 1 aromatic carbocycles. The van der Waals surface area contributed by atoms with Crippen LogP contribution in [-0.4, -0.2) is 12.3 Å². The normalized spacial score (nSPS) is 13.4. The van der Waals surface area contributed by atoms with Crippen molar-refractivity contribution in [1.29, 1.82) is 0 Å². The van der Waals surface area contributed by atoms with E-state index in [-0.39, 0.29) is 12.1 Å². The minimum absolute atomic E-state index is 0.0683. The highest BCUT2D eigenvalue weighted by Gasteiger charge is 2.35. The highest BCUT2D eigenvalue weighted by atomic mass is 19.4. The number of halogens is 3. The van der Waals surface area contributed by atoms with Crippen LogP contribution in [0.3, 0.4) is 0 Å². The first kappa shape index (κ1) is 14.7. The van der Waals surface area contributed by atoms with Crippen LogP contribution in [0, 0.1) is 5.92 Å². The summed E-state index contributed by atoms with van der Waals surface area (Å²) in [5, 5.41) is 0. The predicted octanol–water partition coefficient (Wildman–Crippen LogP) is 3.26. The second kappa shape index (κ2) is 6.00. The highest BCUT2D eigenvalue weighted by Crippen LogP contribution is 2.33. The van der Waals surface area contributed by atoms with Crippen LogP contribution in [0.25, 0.3) is 0 Å².